The summed E-state index contributed by atoms with van der Waals surface area (Å²) in [6.45, 7) is 4.72. The zero-order valence-corrected chi connectivity index (χ0v) is 49.0. The van der Waals surface area contributed by atoms with Crippen LogP contribution in [0.2, 0.25) is 0 Å². The number of unbranched alkanes of at least 4 members (excludes halogenated alkanes) is 48. The maximum absolute atomic E-state index is 12.5. The zero-order chi connectivity index (χ0) is 53.0. The average molecular weight is 1030 g/mol. The highest BCUT2D eigenvalue weighted by atomic mass is 16.5. The molecule has 0 saturated heterocycles. The second-order valence-electron chi connectivity index (χ2n) is 22.7. The number of ether oxygens (including phenoxy) is 1. The molecule has 0 aliphatic carbocycles. The van der Waals surface area contributed by atoms with Gasteiger partial charge in [0.2, 0.25) is 5.91 Å². The number of aliphatic hydroxyl groups excluding tert-OH is 3. The number of rotatable bonds is 61. The molecule has 432 valence electrons. The van der Waals surface area contributed by atoms with Gasteiger partial charge in [0.1, 0.15) is 6.10 Å². The molecule has 0 aromatic rings. The maximum atomic E-state index is 12.5. The van der Waals surface area contributed by atoms with Gasteiger partial charge in [0, 0.05) is 12.5 Å². The van der Waals surface area contributed by atoms with E-state index >= 15 is 0 Å². The molecule has 3 atom stereocenters. The third-order valence-corrected chi connectivity index (χ3v) is 15.4. The van der Waals surface area contributed by atoms with Crippen molar-refractivity contribution in [3.63, 3.8) is 0 Å². The van der Waals surface area contributed by atoms with Gasteiger partial charge in [0.25, 0.3) is 0 Å². The van der Waals surface area contributed by atoms with E-state index in [4.69, 9.17) is 4.74 Å². The van der Waals surface area contributed by atoms with Crippen LogP contribution in [0.5, 0.6) is 0 Å². The molecule has 1 unspecified atom stereocenters. The minimum absolute atomic E-state index is 0.145. The fourth-order valence-electron chi connectivity index (χ4n) is 10.4. The molecular weight excluding hydrogens is 903 g/mol. The molecule has 7 heteroatoms. The fourth-order valence-corrected chi connectivity index (χ4v) is 10.4. The largest absolute Gasteiger partial charge is 0.463 e. The maximum Gasteiger partial charge on any atom is 0.330 e. The molecule has 7 nitrogen and oxygen atoms in total. The summed E-state index contributed by atoms with van der Waals surface area (Å²) in [7, 11) is 0. The van der Waals surface area contributed by atoms with Gasteiger partial charge in [-0.15, -0.1) is 0 Å². The minimum atomic E-state index is -1.14. The van der Waals surface area contributed by atoms with Crippen molar-refractivity contribution < 1.29 is 29.6 Å². The van der Waals surface area contributed by atoms with Crippen LogP contribution in [0.25, 0.3) is 0 Å². The van der Waals surface area contributed by atoms with Crippen molar-refractivity contribution in [3.8, 4) is 0 Å². The Balaban J connectivity index is 3.43. The summed E-state index contributed by atoms with van der Waals surface area (Å²) in [5.41, 5.74) is 0. The van der Waals surface area contributed by atoms with Crippen LogP contribution in [0.1, 0.15) is 354 Å². The van der Waals surface area contributed by atoms with Crippen LogP contribution in [0.3, 0.4) is 0 Å². The predicted molar refractivity (Wildman–Crippen MR) is 316 cm³/mol. The van der Waals surface area contributed by atoms with Crippen molar-refractivity contribution in [3.05, 3.63) is 24.3 Å². The van der Waals surface area contributed by atoms with Crippen LogP contribution in [-0.4, -0.2) is 58.7 Å². The highest BCUT2D eigenvalue weighted by molar-refractivity contribution is 5.82. The third-order valence-electron chi connectivity index (χ3n) is 15.4. The Labute approximate surface area is 454 Å². The number of carbonyl (C=O) groups is 2. The van der Waals surface area contributed by atoms with E-state index in [2.05, 4.69) is 25.2 Å². The van der Waals surface area contributed by atoms with Gasteiger partial charge in [0.05, 0.1) is 25.4 Å². The number of esters is 1. The van der Waals surface area contributed by atoms with Crippen LogP contribution < -0.4 is 5.32 Å². The lowest BCUT2D eigenvalue weighted by Crippen LogP contribution is -2.50. The molecule has 0 saturated carbocycles. The fraction of sp³-hybridized carbons (Fsp3) is 0.909. The van der Waals surface area contributed by atoms with Crippen molar-refractivity contribution in [2.75, 3.05) is 13.2 Å². The van der Waals surface area contributed by atoms with E-state index < -0.39 is 18.2 Å². The first-order valence-corrected chi connectivity index (χ1v) is 32.7. The summed E-state index contributed by atoms with van der Waals surface area (Å²) >= 11 is 0. The van der Waals surface area contributed by atoms with Crippen LogP contribution in [0.15, 0.2) is 24.3 Å². The molecule has 1 amide bonds. The smallest absolute Gasteiger partial charge is 0.330 e. The Bertz CT molecular complexity index is 1160. The summed E-state index contributed by atoms with van der Waals surface area (Å²) in [5.74, 6) is -0.360. The van der Waals surface area contributed by atoms with Crippen LogP contribution in [0.4, 0.5) is 0 Å². The van der Waals surface area contributed by atoms with E-state index in [0.29, 0.717) is 19.4 Å². The molecule has 0 radical (unpaired) electrons. The molecule has 0 rings (SSSR count). The summed E-state index contributed by atoms with van der Waals surface area (Å²) in [6, 6.07) is -0.813. The zero-order valence-electron chi connectivity index (χ0n) is 49.0. The molecule has 4 N–H and O–H groups in total. The molecule has 0 fully saturated rings. The molecule has 0 aliphatic rings. The van der Waals surface area contributed by atoms with Crippen molar-refractivity contribution in [2.45, 2.75) is 372 Å². The molecule has 0 spiro atoms. The second kappa shape index (κ2) is 61.2. The Hall–Kier alpha value is -1.70. The Morgan fingerprint density at radius 1 is 0.411 bits per heavy atom. The van der Waals surface area contributed by atoms with E-state index in [1.165, 1.54) is 270 Å². The summed E-state index contributed by atoms with van der Waals surface area (Å²) < 4.78 is 5.37. The quantitative estimate of drug-likeness (QED) is 0.0209. The van der Waals surface area contributed by atoms with Crippen LogP contribution >= 0.6 is 0 Å². The Morgan fingerprint density at radius 3 is 1.08 bits per heavy atom. The topological polar surface area (TPSA) is 116 Å². The van der Waals surface area contributed by atoms with E-state index in [0.717, 1.165) is 57.8 Å². The average Bonchev–Trinajstić information content (AvgIpc) is 3.39. The van der Waals surface area contributed by atoms with Crippen LogP contribution in [-0.2, 0) is 14.3 Å². The number of nitrogens with one attached hydrogen (secondary N) is 1. The molecule has 0 aliphatic heterocycles. The van der Waals surface area contributed by atoms with Gasteiger partial charge in [-0.05, 0) is 32.1 Å². The first-order chi connectivity index (χ1) is 36.0. The molecule has 0 aromatic heterocycles. The third kappa shape index (κ3) is 56.3. The first kappa shape index (κ1) is 71.3. The molecular formula is C66H127NO6. The van der Waals surface area contributed by atoms with E-state index in [1.807, 2.05) is 12.2 Å². The number of carbonyl (C=O) groups excluding carboxylic acids is 2. The first-order valence-electron chi connectivity index (χ1n) is 32.7. The van der Waals surface area contributed by atoms with Gasteiger partial charge in [0.15, 0.2) is 0 Å². The SMILES string of the molecule is CCCCCCCCCCCCCC=CC=CC(=O)OCCCCCCCCCCCCCCCCCCCCCCCCCCCC(=O)N[C@H](CO)[C@H](O)C(O)CCCCCCCCCCCCCCCC. The van der Waals surface area contributed by atoms with E-state index in [1.54, 1.807) is 6.08 Å². The summed E-state index contributed by atoms with van der Waals surface area (Å²) in [5, 5.41) is 33.7. The minimum Gasteiger partial charge on any atom is -0.463 e. The molecule has 73 heavy (non-hydrogen) atoms. The summed E-state index contributed by atoms with van der Waals surface area (Å²) in [6.07, 6.45) is 72.7. The molecule has 0 heterocycles. The lowest BCUT2D eigenvalue weighted by Gasteiger charge is -2.26. The molecule has 0 aromatic carbocycles. The Morgan fingerprint density at radius 2 is 0.726 bits per heavy atom. The van der Waals surface area contributed by atoms with Crippen molar-refractivity contribution in [1.82, 2.24) is 5.32 Å². The summed E-state index contributed by atoms with van der Waals surface area (Å²) in [4.78, 5) is 24.5. The van der Waals surface area contributed by atoms with Crippen molar-refractivity contribution >= 4 is 11.9 Å². The normalized spacial score (nSPS) is 13.1. The number of allylic oxidation sites excluding steroid dienone is 3. The van der Waals surface area contributed by atoms with Gasteiger partial charge in [-0.25, -0.2) is 4.79 Å². The predicted octanol–water partition coefficient (Wildman–Crippen LogP) is 19.6. The molecule has 0 bridgehead atoms. The van der Waals surface area contributed by atoms with Gasteiger partial charge < -0.3 is 25.4 Å². The van der Waals surface area contributed by atoms with Gasteiger partial charge in [-0.1, -0.05) is 334 Å². The van der Waals surface area contributed by atoms with Crippen LogP contribution in [0, 0.1) is 0 Å². The number of aliphatic hydroxyl groups is 3. The lowest BCUT2D eigenvalue weighted by atomic mass is 9.99. The number of hydrogen-bond donors (Lipinski definition) is 4. The van der Waals surface area contributed by atoms with E-state index in [-0.39, 0.29) is 18.5 Å². The van der Waals surface area contributed by atoms with Gasteiger partial charge in [-0.3, -0.25) is 4.79 Å². The van der Waals surface area contributed by atoms with Crippen molar-refractivity contribution in [1.29, 1.82) is 0 Å². The van der Waals surface area contributed by atoms with E-state index in [9.17, 15) is 24.9 Å². The van der Waals surface area contributed by atoms with Gasteiger partial charge in [-0.2, -0.15) is 0 Å². The monoisotopic (exact) mass is 1030 g/mol. The highest BCUT2D eigenvalue weighted by Gasteiger charge is 2.26. The van der Waals surface area contributed by atoms with Crippen molar-refractivity contribution in [2.24, 2.45) is 0 Å². The second-order valence-corrected chi connectivity index (χ2v) is 22.7. The standard InChI is InChI=1S/C66H127NO6/c1-3-5-7-9-11-13-15-17-30-35-39-43-47-51-55-59-65(71)73-60-56-52-48-44-40-36-32-29-27-25-23-21-19-20-22-24-26-28-31-34-38-42-46-50-54-58-64(70)67-62(61-68)66(72)63(69)57-53-49-45-41-37-33-18-16-14-12-10-8-6-4-2/h47,51,55,59,62-63,66,68-69,72H,3-46,48-50,52-54,56-58,60-61H2,1-2H3,(H,67,70)/t62-,63?,66+/m1/s1. The number of amides is 1. The highest BCUT2D eigenvalue weighted by Crippen LogP contribution is 2.19. The Kier molecular flexibility index (Phi) is 59.7. The lowest BCUT2D eigenvalue weighted by molar-refractivity contribution is -0.137. The van der Waals surface area contributed by atoms with Gasteiger partial charge >= 0.3 is 5.97 Å². The number of hydrogen-bond acceptors (Lipinski definition) is 6.